The molecule has 98 valence electrons. The van der Waals surface area contributed by atoms with E-state index in [1.807, 2.05) is 26.0 Å². The molecule has 0 heterocycles. The predicted octanol–water partition coefficient (Wildman–Crippen LogP) is 3.87. The molecule has 0 aromatic heterocycles. The lowest BCUT2D eigenvalue weighted by Gasteiger charge is -2.14. The zero-order valence-electron chi connectivity index (χ0n) is 10.7. The van der Waals surface area contributed by atoms with Gasteiger partial charge in [-0.05, 0) is 37.1 Å². The SMILES string of the molecule is Cc1ccc(F)cc1Oc1c(C)cccc1C(N)=S. The summed E-state index contributed by atoms with van der Waals surface area (Å²) in [5.41, 5.74) is 8.08. The van der Waals surface area contributed by atoms with Crippen LogP contribution in [0.4, 0.5) is 4.39 Å². The first-order valence-electron chi connectivity index (χ1n) is 5.82. The highest BCUT2D eigenvalue weighted by Crippen LogP contribution is 2.31. The van der Waals surface area contributed by atoms with Crippen LogP contribution >= 0.6 is 12.2 Å². The largest absolute Gasteiger partial charge is 0.456 e. The van der Waals surface area contributed by atoms with E-state index >= 15 is 0 Å². The van der Waals surface area contributed by atoms with Gasteiger partial charge < -0.3 is 10.5 Å². The maximum atomic E-state index is 13.3. The molecular formula is C15H14FNOS. The first-order valence-corrected chi connectivity index (χ1v) is 6.23. The van der Waals surface area contributed by atoms with E-state index in [1.54, 1.807) is 12.1 Å². The van der Waals surface area contributed by atoms with Gasteiger partial charge in [-0.25, -0.2) is 4.39 Å². The molecule has 0 fully saturated rings. The highest BCUT2D eigenvalue weighted by molar-refractivity contribution is 7.80. The molecule has 0 saturated heterocycles. The van der Waals surface area contributed by atoms with Crippen LogP contribution < -0.4 is 10.5 Å². The van der Waals surface area contributed by atoms with Crippen molar-refractivity contribution in [3.05, 3.63) is 58.9 Å². The van der Waals surface area contributed by atoms with Gasteiger partial charge in [0.05, 0.1) is 5.56 Å². The fraction of sp³-hybridized carbons (Fsp3) is 0.133. The minimum atomic E-state index is -0.342. The predicted molar refractivity (Wildman–Crippen MR) is 78.3 cm³/mol. The maximum Gasteiger partial charge on any atom is 0.140 e. The van der Waals surface area contributed by atoms with E-state index in [2.05, 4.69) is 0 Å². The molecule has 2 N–H and O–H groups in total. The molecule has 0 aliphatic rings. The first-order chi connectivity index (χ1) is 8.99. The van der Waals surface area contributed by atoms with Crippen LogP contribution in [-0.2, 0) is 0 Å². The molecule has 0 amide bonds. The van der Waals surface area contributed by atoms with Crippen molar-refractivity contribution in [3.8, 4) is 11.5 Å². The van der Waals surface area contributed by atoms with Gasteiger partial charge in [0.1, 0.15) is 22.3 Å². The second-order valence-corrected chi connectivity index (χ2v) is 4.77. The van der Waals surface area contributed by atoms with Gasteiger partial charge in [-0.3, -0.25) is 0 Å². The second kappa shape index (κ2) is 5.36. The summed E-state index contributed by atoms with van der Waals surface area (Å²) in [5, 5.41) is 0. The molecule has 0 aliphatic carbocycles. The highest BCUT2D eigenvalue weighted by Gasteiger charge is 2.12. The van der Waals surface area contributed by atoms with Crippen molar-refractivity contribution >= 4 is 17.2 Å². The molecule has 2 nitrogen and oxygen atoms in total. The lowest BCUT2D eigenvalue weighted by atomic mass is 10.1. The van der Waals surface area contributed by atoms with E-state index in [4.69, 9.17) is 22.7 Å². The van der Waals surface area contributed by atoms with E-state index in [0.717, 1.165) is 11.1 Å². The average molecular weight is 275 g/mol. The lowest BCUT2D eigenvalue weighted by Crippen LogP contribution is -2.11. The fourth-order valence-corrected chi connectivity index (χ4v) is 1.94. The molecule has 2 aromatic rings. The van der Waals surface area contributed by atoms with Gasteiger partial charge in [0.2, 0.25) is 0 Å². The number of para-hydroxylation sites is 1. The Labute approximate surface area is 117 Å². The van der Waals surface area contributed by atoms with Gasteiger partial charge >= 0.3 is 0 Å². The van der Waals surface area contributed by atoms with Gasteiger partial charge in [-0.2, -0.15) is 0 Å². The number of benzene rings is 2. The molecule has 0 atom stereocenters. The summed E-state index contributed by atoms with van der Waals surface area (Å²) in [4.78, 5) is 0.257. The van der Waals surface area contributed by atoms with Crippen LogP contribution in [-0.4, -0.2) is 4.99 Å². The molecule has 0 bridgehead atoms. The molecule has 2 aromatic carbocycles. The van der Waals surface area contributed by atoms with Gasteiger partial charge in [-0.1, -0.05) is 30.4 Å². The number of aryl methyl sites for hydroxylation is 2. The van der Waals surface area contributed by atoms with Crippen LogP contribution in [0, 0.1) is 19.7 Å². The Morgan fingerprint density at radius 2 is 1.89 bits per heavy atom. The summed E-state index contributed by atoms with van der Waals surface area (Å²) in [6, 6.07) is 9.96. The quantitative estimate of drug-likeness (QED) is 0.864. The standard InChI is InChI=1S/C15H14FNOS/c1-9-6-7-11(16)8-13(9)18-14-10(2)4-3-5-12(14)15(17)19/h3-8H,1-2H3,(H2,17,19). The van der Waals surface area contributed by atoms with Crippen LogP contribution in [0.15, 0.2) is 36.4 Å². The Hall–Kier alpha value is -1.94. The molecule has 0 unspecified atom stereocenters. The van der Waals surface area contributed by atoms with Gasteiger partial charge in [-0.15, -0.1) is 0 Å². The van der Waals surface area contributed by atoms with Gasteiger partial charge in [0, 0.05) is 6.07 Å². The number of hydrogen-bond acceptors (Lipinski definition) is 2. The Morgan fingerprint density at radius 3 is 2.58 bits per heavy atom. The zero-order valence-corrected chi connectivity index (χ0v) is 11.6. The summed E-state index contributed by atoms with van der Waals surface area (Å²) in [6.07, 6.45) is 0. The van der Waals surface area contributed by atoms with E-state index in [1.165, 1.54) is 12.1 Å². The first kappa shape index (κ1) is 13.5. The Bertz CT molecular complexity index is 640. The van der Waals surface area contributed by atoms with Crippen LogP contribution in [0.2, 0.25) is 0 Å². The number of ether oxygens (including phenoxy) is 1. The number of rotatable bonds is 3. The van der Waals surface area contributed by atoms with Crippen molar-refractivity contribution in [1.29, 1.82) is 0 Å². The molecule has 0 spiro atoms. The lowest BCUT2D eigenvalue weighted by molar-refractivity contribution is 0.468. The van der Waals surface area contributed by atoms with E-state index < -0.39 is 0 Å². The third-order valence-corrected chi connectivity index (χ3v) is 3.06. The fourth-order valence-electron chi connectivity index (χ4n) is 1.78. The van der Waals surface area contributed by atoms with Crippen molar-refractivity contribution in [2.75, 3.05) is 0 Å². The Balaban J connectivity index is 2.49. The van der Waals surface area contributed by atoms with Crippen molar-refractivity contribution in [3.63, 3.8) is 0 Å². The van der Waals surface area contributed by atoms with Crippen molar-refractivity contribution in [1.82, 2.24) is 0 Å². The van der Waals surface area contributed by atoms with Crippen LogP contribution in [0.25, 0.3) is 0 Å². The Morgan fingerprint density at radius 1 is 1.16 bits per heavy atom. The summed E-state index contributed by atoms with van der Waals surface area (Å²) in [6.45, 7) is 3.75. The van der Waals surface area contributed by atoms with Gasteiger partial charge in [0.25, 0.3) is 0 Å². The van der Waals surface area contributed by atoms with Crippen LogP contribution in [0.1, 0.15) is 16.7 Å². The minimum absolute atomic E-state index is 0.257. The average Bonchev–Trinajstić information content (AvgIpc) is 2.35. The van der Waals surface area contributed by atoms with E-state index in [9.17, 15) is 4.39 Å². The van der Waals surface area contributed by atoms with Gasteiger partial charge in [0.15, 0.2) is 0 Å². The maximum absolute atomic E-state index is 13.3. The van der Waals surface area contributed by atoms with Crippen molar-refractivity contribution in [2.45, 2.75) is 13.8 Å². The summed E-state index contributed by atoms with van der Waals surface area (Å²) in [7, 11) is 0. The number of nitrogens with two attached hydrogens (primary N) is 1. The normalized spacial score (nSPS) is 10.3. The molecule has 0 saturated carbocycles. The molecule has 0 radical (unpaired) electrons. The second-order valence-electron chi connectivity index (χ2n) is 4.33. The van der Waals surface area contributed by atoms with Crippen LogP contribution in [0.5, 0.6) is 11.5 Å². The summed E-state index contributed by atoms with van der Waals surface area (Å²) < 4.78 is 19.1. The number of halogens is 1. The van der Waals surface area contributed by atoms with E-state index in [0.29, 0.717) is 17.1 Å². The Kier molecular flexibility index (Phi) is 3.81. The molecule has 0 aliphatic heterocycles. The summed E-state index contributed by atoms with van der Waals surface area (Å²) in [5.74, 6) is 0.696. The molecule has 19 heavy (non-hydrogen) atoms. The summed E-state index contributed by atoms with van der Waals surface area (Å²) >= 11 is 5.01. The smallest absolute Gasteiger partial charge is 0.140 e. The highest BCUT2D eigenvalue weighted by atomic mass is 32.1. The molecular weight excluding hydrogens is 261 g/mol. The monoisotopic (exact) mass is 275 g/mol. The van der Waals surface area contributed by atoms with Crippen LogP contribution in [0.3, 0.4) is 0 Å². The van der Waals surface area contributed by atoms with E-state index in [-0.39, 0.29) is 10.8 Å². The van der Waals surface area contributed by atoms with Crippen molar-refractivity contribution in [2.24, 2.45) is 5.73 Å². The third kappa shape index (κ3) is 2.90. The number of thiocarbonyl (C=S) groups is 1. The van der Waals surface area contributed by atoms with Crippen molar-refractivity contribution < 1.29 is 9.13 Å². The molecule has 2 rings (SSSR count). The third-order valence-electron chi connectivity index (χ3n) is 2.84. The minimum Gasteiger partial charge on any atom is -0.456 e. The zero-order chi connectivity index (χ0) is 14.0. The molecule has 4 heteroatoms. The topological polar surface area (TPSA) is 35.2 Å². The number of hydrogen-bond donors (Lipinski definition) is 1.